The molecule has 0 saturated heterocycles. The molecule has 0 spiro atoms. The number of ketones is 3. The minimum Gasteiger partial charge on any atom is -0.483 e. The molecule has 0 fully saturated rings. The van der Waals surface area contributed by atoms with Gasteiger partial charge in [0.15, 0.2) is 18.2 Å². The van der Waals surface area contributed by atoms with E-state index in [4.69, 9.17) is 16.3 Å². The third kappa shape index (κ3) is 22.4. The van der Waals surface area contributed by atoms with Gasteiger partial charge in [0.25, 0.3) is 11.8 Å². The summed E-state index contributed by atoms with van der Waals surface area (Å²) in [5.41, 5.74) is 3.06. The van der Waals surface area contributed by atoms with Crippen LogP contribution in [-0.2, 0) is 14.4 Å². The molecule has 4 aromatic rings. The molecule has 0 aliphatic carbocycles. The summed E-state index contributed by atoms with van der Waals surface area (Å²) in [6.07, 6.45) is 11.4. The van der Waals surface area contributed by atoms with Crippen LogP contribution in [0.15, 0.2) is 79.1 Å². The van der Waals surface area contributed by atoms with E-state index in [0.717, 1.165) is 44.8 Å². The first-order chi connectivity index (χ1) is 32.2. The van der Waals surface area contributed by atoms with Crippen molar-refractivity contribution in [3.63, 3.8) is 0 Å². The highest BCUT2D eigenvalue weighted by Crippen LogP contribution is 2.24. The van der Waals surface area contributed by atoms with E-state index in [1.165, 1.54) is 26.1 Å². The van der Waals surface area contributed by atoms with Crippen molar-refractivity contribution in [1.82, 2.24) is 20.6 Å². The summed E-state index contributed by atoms with van der Waals surface area (Å²) in [7, 11) is 0. The Bertz CT molecular complexity index is 2320. The van der Waals surface area contributed by atoms with Gasteiger partial charge in [-0.15, -0.1) is 0 Å². The Kier molecular flexibility index (Phi) is 27.0. The zero-order valence-electron chi connectivity index (χ0n) is 39.8. The molecule has 0 bridgehead atoms. The number of unbranched alkanes of at least 4 members (excludes halogenated alkanes) is 5. The number of ether oxygens (including phenoxy) is 1. The minimum absolute atomic E-state index is 0.0560. The lowest BCUT2D eigenvalue weighted by molar-refractivity contribution is -0.123. The quantitative estimate of drug-likeness (QED) is 0.0182. The molecule has 0 saturated carbocycles. The summed E-state index contributed by atoms with van der Waals surface area (Å²) in [5, 5.41) is 11.5. The van der Waals surface area contributed by atoms with E-state index >= 15 is 0 Å². The number of pyridine rings is 2. The fourth-order valence-electron chi connectivity index (χ4n) is 6.28. The number of halogens is 1. The largest absolute Gasteiger partial charge is 0.483 e. The predicted molar refractivity (Wildman–Crippen MR) is 264 cm³/mol. The summed E-state index contributed by atoms with van der Waals surface area (Å²) in [4.78, 5) is 90.8. The second-order valence-electron chi connectivity index (χ2n) is 15.5. The second-order valence-corrected chi connectivity index (χ2v) is 15.9. The van der Waals surface area contributed by atoms with Crippen LogP contribution in [0.1, 0.15) is 149 Å². The van der Waals surface area contributed by atoms with E-state index in [1.807, 2.05) is 34.6 Å². The van der Waals surface area contributed by atoms with Crippen LogP contribution in [0.4, 0.5) is 16.2 Å². The summed E-state index contributed by atoms with van der Waals surface area (Å²) < 4.78 is 5.55. The highest BCUT2D eigenvalue weighted by molar-refractivity contribution is 6.29. The van der Waals surface area contributed by atoms with Crippen LogP contribution in [0, 0.1) is 23.7 Å². The molecule has 67 heavy (non-hydrogen) atoms. The second kappa shape index (κ2) is 32.0. The summed E-state index contributed by atoms with van der Waals surface area (Å²) in [6.45, 7) is 13.4. The fraction of sp³-hybridized carbons (Fsp3) is 0.404. The highest BCUT2D eigenvalue weighted by atomic mass is 35.5. The first-order valence-corrected chi connectivity index (χ1v) is 23.2. The number of nitrogens with zero attached hydrogens (tertiary/aromatic N) is 2. The lowest BCUT2D eigenvalue weighted by atomic mass is 9.91. The molecule has 14 nitrogen and oxygen atoms in total. The van der Waals surface area contributed by atoms with Gasteiger partial charge < -0.3 is 30.8 Å². The van der Waals surface area contributed by atoms with Crippen molar-refractivity contribution in [1.29, 1.82) is 0 Å². The van der Waals surface area contributed by atoms with Gasteiger partial charge in [0, 0.05) is 72.3 Å². The van der Waals surface area contributed by atoms with Crippen molar-refractivity contribution in [2.24, 2.45) is 11.8 Å². The first-order valence-electron chi connectivity index (χ1n) is 22.8. The van der Waals surface area contributed by atoms with Crippen LogP contribution < -0.4 is 26.0 Å². The van der Waals surface area contributed by atoms with Gasteiger partial charge in [0.05, 0.1) is 5.56 Å². The highest BCUT2D eigenvalue weighted by Gasteiger charge is 2.18. The Morgan fingerprint density at radius 1 is 0.761 bits per heavy atom. The normalized spacial score (nSPS) is 10.6. The van der Waals surface area contributed by atoms with Crippen LogP contribution in [0.5, 0.6) is 5.75 Å². The lowest BCUT2D eigenvalue weighted by Crippen LogP contribution is -2.30. The first kappa shape index (κ1) is 56.4. The van der Waals surface area contributed by atoms with E-state index in [1.54, 1.807) is 66.9 Å². The molecule has 4 rings (SSSR count). The maximum Gasteiger partial charge on any atom is 0.323 e. The van der Waals surface area contributed by atoms with E-state index in [9.17, 15) is 33.6 Å². The molecule has 4 amide bonds. The Labute approximate surface area is 400 Å². The van der Waals surface area contributed by atoms with Crippen molar-refractivity contribution in [2.45, 2.75) is 106 Å². The van der Waals surface area contributed by atoms with Gasteiger partial charge >= 0.3 is 6.03 Å². The van der Waals surface area contributed by atoms with Gasteiger partial charge in [0.1, 0.15) is 28.7 Å². The molecule has 0 aliphatic rings. The number of Topliss-reactive ketones (excluding diaryl/α,β-unsaturated/α-hetero) is 3. The average Bonchev–Trinajstić information content (AvgIpc) is 3.31. The number of urea groups is 1. The number of aldehydes is 1. The Hall–Kier alpha value is -6.72. The summed E-state index contributed by atoms with van der Waals surface area (Å²) in [6, 6.07) is 17.8. The third-order valence-corrected chi connectivity index (χ3v) is 10.2. The average molecular weight is 938 g/mol. The number of rotatable bonds is 23. The van der Waals surface area contributed by atoms with Crippen molar-refractivity contribution in [2.75, 3.05) is 30.3 Å². The minimum atomic E-state index is -0.458. The SMILES string of the molecule is CC.CC(=O)c1cccc(OCC(=O)NCCCCCCCCNC(=O)c2cccc(C#Cc3cc(NC(=O)Nc4ccnc(Cl)c4)ccn3)c2)c1C(C)=O.CCC(=O)CCC(C=O)C(C)C. The number of benzene rings is 2. The topological polar surface area (TPSA) is 203 Å². The number of nitrogens with one attached hydrogen (secondary N) is 4. The molecular weight excluding hydrogens is 872 g/mol. The standard InChI is InChI=1S/C40H41ClN6O6.C10H18O2.C2H6/c1-27(48)34-13-10-14-35(38(34)28(2)49)53-26-37(50)44-19-7-5-3-4-6-8-20-45-39(51)30-12-9-11-29(23-30)15-16-31-24-32(17-21-42-31)46-40(52)47-33-18-22-43-36(41)25-33;1-4-10(12)6-5-9(7-11)8(2)3;1-2/h9-14,17-18,21-25H,3-8,19-20,26H2,1-2H3,(H,44,50)(H,45,51)(H2,42,43,46,47,52);7-9H,4-6H2,1-3H3;1-2H3. The van der Waals surface area contributed by atoms with Gasteiger partial charge in [-0.3, -0.25) is 24.0 Å². The number of anilines is 2. The van der Waals surface area contributed by atoms with Gasteiger partial charge in [-0.2, -0.15) is 0 Å². The Morgan fingerprint density at radius 3 is 2.00 bits per heavy atom. The maximum atomic E-state index is 12.7. The van der Waals surface area contributed by atoms with E-state index in [0.29, 0.717) is 66.5 Å². The molecule has 15 heteroatoms. The molecule has 1 unspecified atom stereocenters. The van der Waals surface area contributed by atoms with Crippen molar-refractivity contribution >= 4 is 64.5 Å². The van der Waals surface area contributed by atoms with Crippen LogP contribution in [0.25, 0.3) is 0 Å². The van der Waals surface area contributed by atoms with Gasteiger partial charge in [-0.05, 0) is 93.5 Å². The van der Waals surface area contributed by atoms with E-state index in [2.05, 4.69) is 43.1 Å². The van der Waals surface area contributed by atoms with Gasteiger partial charge in [-0.1, -0.05) is 96.0 Å². The van der Waals surface area contributed by atoms with Crippen LogP contribution in [-0.4, -0.2) is 71.1 Å². The number of hydrogen-bond acceptors (Lipinski definition) is 10. The van der Waals surface area contributed by atoms with Gasteiger partial charge in [0.2, 0.25) is 0 Å². The van der Waals surface area contributed by atoms with Crippen molar-refractivity contribution in [3.05, 3.63) is 112 Å². The molecule has 4 N–H and O–H groups in total. The number of amides is 4. The third-order valence-electron chi connectivity index (χ3n) is 9.97. The predicted octanol–water partition coefficient (Wildman–Crippen LogP) is 10.1. The van der Waals surface area contributed by atoms with Crippen molar-refractivity contribution < 1.29 is 38.3 Å². The lowest BCUT2D eigenvalue weighted by Gasteiger charge is -2.12. The molecule has 2 aromatic heterocycles. The van der Waals surface area contributed by atoms with Crippen LogP contribution >= 0.6 is 11.6 Å². The molecule has 0 aliphatic heterocycles. The summed E-state index contributed by atoms with van der Waals surface area (Å²) >= 11 is 5.86. The van der Waals surface area contributed by atoms with Crippen molar-refractivity contribution in [3.8, 4) is 17.6 Å². The van der Waals surface area contributed by atoms with E-state index in [-0.39, 0.29) is 63.7 Å². The zero-order valence-corrected chi connectivity index (χ0v) is 40.5. The number of carbonyl (C=O) groups excluding carboxylic acids is 7. The Balaban J connectivity index is 0.000000955. The van der Waals surface area contributed by atoms with Gasteiger partial charge in [-0.25, -0.2) is 14.8 Å². The Morgan fingerprint density at radius 2 is 1.39 bits per heavy atom. The van der Waals surface area contributed by atoms with Crippen LogP contribution in [0.3, 0.4) is 0 Å². The van der Waals surface area contributed by atoms with Crippen LogP contribution in [0.2, 0.25) is 5.15 Å². The molecule has 1 atom stereocenters. The molecule has 358 valence electrons. The number of hydrogen-bond donors (Lipinski definition) is 4. The monoisotopic (exact) mass is 936 g/mol. The summed E-state index contributed by atoms with van der Waals surface area (Å²) in [5.74, 6) is 5.86. The zero-order chi connectivity index (χ0) is 49.6. The van der Waals surface area contributed by atoms with E-state index < -0.39 is 6.03 Å². The molecule has 2 heterocycles. The maximum absolute atomic E-state index is 12.7. The fourth-order valence-corrected chi connectivity index (χ4v) is 6.45. The number of aromatic nitrogens is 2. The molecular formula is C52H65ClN6O8. The number of carbonyl (C=O) groups is 7. The molecule has 0 radical (unpaired) electrons. The molecule has 2 aromatic carbocycles. The smallest absolute Gasteiger partial charge is 0.323 e.